The maximum absolute atomic E-state index is 12.2. The molecule has 1 saturated heterocycles. The zero-order chi connectivity index (χ0) is 18.3. The van der Waals surface area contributed by atoms with Gasteiger partial charge in [-0.25, -0.2) is 13.1 Å². The molecule has 1 aromatic rings. The van der Waals surface area contributed by atoms with Gasteiger partial charge in [0, 0.05) is 19.5 Å². The Bertz CT molecular complexity index is 686. The fourth-order valence-corrected chi connectivity index (χ4v) is 3.89. The molecule has 8 nitrogen and oxygen atoms in total. The molecule has 1 aliphatic rings. The second-order valence-electron chi connectivity index (χ2n) is 5.79. The van der Waals surface area contributed by atoms with Gasteiger partial charge >= 0.3 is 5.97 Å². The van der Waals surface area contributed by atoms with E-state index in [0.717, 1.165) is 0 Å². The molecule has 138 valence electrons. The van der Waals surface area contributed by atoms with E-state index in [1.54, 1.807) is 35.2 Å². The molecular formula is C16H22N2O6S. The van der Waals surface area contributed by atoms with E-state index in [1.165, 1.54) is 0 Å². The molecule has 1 heterocycles. The lowest BCUT2D eigenvalue weighted by Gasteiger charge is -2.27. The van der Waals surface area contributed by atoms with Crippen LogP contribution < -0.4 is 4.72 Å². The van der Waals surface area contributed by atoms with Gasteiger partial charge in [-0.2, -0.15) is 0 Å². The first-order valence-electron chi connectivity index (χ1n) is 7.99. The number of carbonyl (C=O) groups is 2. The Morgan fingerprint density at radius 2 is 1.84 bits per heavy atom. The molecule has 0 aliphatic carbocycles. The minimum Gasteiger partial charge on any atom is -0.480 e. The Labute approximate surface area is 146 Å². The number of nitrogens with one attached hydrogen (secondary N) is 1. The van der Waals surface area contributed by atoms with Crippen molar-refractivity contribution in [3.63, 3.8) is 0 Å². The van der Waals surface area contributed by atoms with Gasteiger partial charge in [-0.15, -0.1) is 0 Å². The van der Waals surface area contributed by atoms with Crippen LogP contribution in [0.4, 0.5) is 0 Å². The summed E-state index contributed by atoms with van der Waals surface area (Å²) in [5, 5.41) is 9.25. The summed E-state index contributed by atoms with van der Waals surface area (Å²) in [7, 11) is -3.83. The number of morpholine rings is 1. The van der Waals surface area contributed by atoms with E-state index in [0.29, 0.717) is 31.9 Å². The van der Waals surface area contributed by atoms with Crippen LogP contribution in [0.5, 0.6) is 0 Å². The van der Waals surface area contributed by atoms with Crippen LogP contribution in [0.15, 0.2) is 30.3 Å². The number of aliphatic carboxylic acids is 1. The van der Waals surface area contributed by atoms with Crippen molar-refractivity contribution in [2.75, 3.05) is 26.3 Å². The monoisotopic (exact) mass is 370 g/mol. The number of carboxylic acid groups (broad SMARTS) is 1. The van der Waals surface area contributed by atoms with Gasteiger partial charge in [0.05, 0.1) is 19.0 Å². The van der Waals surface area contributed by atoms with Gasteiger partial charge in [-0.3, -0.25) is 9.59 Å². The lowest BCUT2D eigenvalue weighted by Crippen LogP contribution is -2.44. The first-order valence-corrected chi connectivity index (χ1v) is 9.65. The van der Waals surface area contributed by atoms with E-state index in [-0.39, 0.29) is 24.5 Å². The fraction of sp³-hybridized carbons (Fsp3) is 0.500. The molecule has 0 radical (unpaired) electrons. The summed E-state index contributed by atoms with van der Waals surface area (Å²) in [4.78, 5) is 25.0. The summed E-state index contributed by atoms with van der Waals surface area (Å²) in [5.41, 5.74) is 0.559. The topological polar surface area (TPSA) is 113 Å². The average Bonchev–Trinajstić information content (AvgIpc) is 2.59. The van der Waals surface area contributed by atoms with E-state index < -0.39 is 22.0 Å². The lowest BCUT2D eigenvalue weighted by atomic mass is 10.1. The highest BCUT2D eigenvalue weighted by Gasteiger charge is 2.26. The maximum atomic E-state index is 12.2. The molecule has 1 aliphatic heterocycles. The molecule has 1 aromatic carbocycles. The molecule has 2 N–H and O–H groups in total. The maximum Gasteiger partial charge on any atom is 0.321 e. The number of hydrogen-bond donors (Lipinski definition) is 2. The normalized spacial score (nSPS) is 16.4. The number of ether oxygens (including phenoxy) is 1. The molecule has 0 unspecified atom stereocenters. The Morgan fingerprint density at radius 1 is 1.20 bits per heavy atom. The van der Waals surface area contributed by atoms with Crippen molar-refractivity contribution in [3.05, 3.63) is 35.9 Å². The van der Waals surface area contributed by atoms with Crippen molar-refractivity contribution in [3.8, 4) is 0 Å². The van der Waals surface area contributed by atoms with Gasteiger partial charge in [0.25, 0.3) is 0 Å². The third-order valence-corrected chi connectivity index (χ3v) is 5.19. The third-order valence-electron chi connectivity index (χ3n) is 3.83. The van der Waals surface area contributed by atoms with E-state index in [2.05, 4.69) is 4.72 Å². The molecule has 0 bridgehead atoms. The van der Waals surface area contributed by atoms with Gasteiger partial charge in [0.2, 0.25) is 15.9 Å². The van der Waals surface area contributed by atoms with Crippen molar-refractivity contribution in [1.29, 1.82) is 0 Å². The number of carbonyl (C=O) groups excluding carboxylic acids is 1. The van der Waals surface area contributed by atoms with E-state index in [9.17, 15) is 23.1 Å². The molecule has 2 rings (SSSR count). The van der Waals surface area contributed by atoms with Crippen molar-refractivity contribution < 1.29 is 27.9 Å². The van der Waals surface area contributed by atoms with Crippen LogP contribution in [0.25, 0.3) is 0 Å². The molecule has 9 heteroatoms. The zero-order valence-corrected chi connectivity index (χ0v) is 14.6. The van der Waals surface area contributed by atoms with Gasteiger partial charge in [-0.05, 0) is 12.0 Å². The Morgan fingerprint density at radius 3 is 2.44 bits per heavy atom. The highest BCUT2D eigenvalue weighted by Crippen LogP contribution is 2.09. The lowest BCUT2D eigenvalue weighted by molar-refractivity contribution is -0.140. The summed E-state index contributed by atoms with van der Waals surface area (Å²) in [6, 6.07) is 7.15. The fourth-order valence-electron chi connectivity index (χ4n) is 2.52. The minimum atomic E-state index is -3.83. The van der Waals surface area contributed by atoms with Crippen LogP contribution >= 0.6 is 0 Å². The first-order chi connectivity index (χ1) is 11.9. The number of nitrogens with zero attached hydrogens (tertiary/aromatic N) is 1. The van der Waals surface area contributed by atoms with Crippen molar-refractivity contribution in [1.82, 2.24) is 9.62 Å². The summed E-state index contributed by atoms with van der Waals surface area (Å²) >= 11 is 0. The van der Waals surface area contributed by atoms with Crippen molar-refractivity contribution in [2.24, 2.45) is 0 Å². The van der Waals surface area contributed by atoms with Gasteiger partial charge < -0.3 is 14.7 Å². The SMILES string of the molecule is O=C(O)[C@@H](CCC(=O)N1CCOCC1)NS(=O)(=O)Cc1ccccc1. The summed E-state index contributed by atoms with van der Waals surface area (Å²) in [6.45, 7) is 1.85. The Kier molecular flexibility index (Phi) is 6.91. The molecular weight excluding hydrogens is 348 g/mol. The smallest absolute Gasteiger partial charge is 0.321 e. The molecule has 0 aromatic heterocycles. The second kappa shape index (κ2) is 8.93. The molecule has 1 atom stereocenters. The van der Waals surface area contributed by atoms with Crippen LogP contribution in [0, 0.1) is 0 Å². The Hall–Kier alpha value is -1.97. The summed E-state index contributed by atoms with van der Waals surface area (Å²) < 4.78 is 31.7. The predicted molar refractivity (Wildman–Crippen MR) is 90.3 cm³/mol. The van der Waals surface area contributed by atoms with E-state index in [1.807, 2.05) is 0 Å². The highest BCUT2D eigenvalue weighted by atomic mass is 32.2. The summed E-state index contributed by atoms with van der Waals surface area (Å²) in [6.07, 6.45) is -0.135. The Balaban J connectivity index is 1.91. The van der Waals surface area contributed by atoms with Crippen LogP contribution in [0.1, 0.15) is 18.4 Å². The number of rotatable bonds is 8. The van der Waals surface area contributed by atoms with Crippen molar-refractivity contribution in [2.45, 2.75) is 24.6 Å². The molecule has 0 spiro atoms. The van der Waals surface area contributed by atoms with Crippen LogP contribution in [0.2, 0.25) is 0 Å². The predicted octanol–water partition coefficient (Wildman–Crippen LogP) is 0.198. The summed E-state index contributed by atoms with van der Waals surface area (Å²) in [5.74, 6) is -1.81. The highest BCUT2D eigenvalue weighted by molar-refractivity contribution is 7.88. The standard InChI is InChI=1S/C16H22N2O6S/c19-15(18-8-10-24-11-9-18)7-6-14(16(20)21)17-25(22,23)12-13-4-2-1-3-5-13/h1-5,14,17H,6-12H2,(H,20,21)/t14-/m1/s1. The molecule has 1 amide bonds. The first kappa shape index (κ1) is 19.4. The van der Waals surface area contributed by atoms with Gasteiger partial charge in [-0.1, -0.05) is 30.3 Å². The van der Waals surface area contributed by atoms with Crippen LogP contribution in [-0.4, -0.2) is 62.6 Å². The quantitative estimate of drug-likeness (QED) is 0.676. The second-order valence-corrected chi connectivity index (χ2v) is 7.54. The number of carboxylic acids is 1. The number of hydrogen-bond acceptors (Lipinski definition) is 5. The largest absolute Gasteiger partial charge is 0.480 e. The zero-order valence-electron chi connectivity index (χ0n) is 13.8. The average molecular weight is 370 g/mol. The van der Waals surface area contributed by atoms with Crippen molar-refractivity contribution >= 4 is 21.9 Å². The van der Waals surface area contributed by atoms with Crippen LogP contribution in [0.3, 0.4) is 0 Å². The molecule has 0 saturated carbocycles. The number of amides is 1. The number of benzene rings is 1. The molecule has 1 fully saturated rings. The van der Waals surface area contributed by atoms with Gasteiger partial charge in [0.1, 0.15) is 6.04 Å². The third kappa shape index (κ3) is 6.45. The van der Waals surface area contributed by atoms with E-state index >= 15 is 0 Å². The van der Waals surface area contributed by atoms with Gasteiger partial charge in [0.15, 0.2) is 0 Å². The minimum absolute atomic E-state index is 0.0369. The number of sulfonamides is 1. The van der Waals surface area contributed by atoms with Crippen LogP contribution in [-0.2, 0) is 30.1 Å². The van der Waals surface area contributed by atoms with E-state index in [4.69, 9.17) is 4.74 Å². The molecule has 25 heavy (non-hydrogen) atoms.